The quantitative estimate of drug-likeness (QED) is 0.626. The molecule has 0 heterocycles. The van der Waals surface area contributed by atoms with Crippen LogP contribution in [-0.4, -0.2) is 41.7 Å². The van der Waals surface area contributed by atoms with Crippen LogP contribution in [0.25, 0.3) is 0 Å². The summed E-state index contributed by atoms with van der Waals surface area (Å²) in [6.45, 7) is 2.30. The second kappa shape index (κ2) is 9.95. The summed E-state index contributed by atoms with van der Waals surface area (Å²) in [5.41, 5.74) is 0.475. The van der Waals surface area contributed by atoms with Gasteiger partial charge >= 0.3 is 0 Å². The minimum Gasteiger partial charge on any atom is -0.497 e. The Hall–Kier alpha value is -2.78. The van der Waals surface area contributed by atoms with Gasteiger partial charge in [0.05, 0.1) is 31.4 Å². The maximum atomic E-state index is 12.3. The van der Waals surface area contributed by atoms with Gasteiger partial charge in [-0.05, 0) is 43.3 Å². The van der Waals surface area contributed by atoms with Gasteiger partial charge < -0.3 is 19.5 Å². The molecular weight excluding hydrogens is 384 g/mol. The third-order valence-electron chi connectivity index (χ3n) is 3.77. The van der Waals surface area contributed by atoms with Crippen LogP contribution < -0.4 is 24.2 Å². The van der Waals surface area contributed by atoms with Gasteiger partial charge in [-0.25, -0.2) is 13.1 Å². The second-order valence-electron chi connectivity index (χ2n) is 5.67. The molecule has 9 heteroatoms. The molecule has 0 aliphatic rings. The van der Waals surface area contributed by atoms with Crippen LogP contribution in [0, 0.1) is 0 Å². The first kappa shape index (κ1) is 21.5. The number of rotatable bonds is 10. The summed E-state index contributed by atoms with van der Waals surface area (Å²) in [6.07, 6.45) is -0.0363. The van der Waals surface area contributed by atoms with Gasteiger partial charge in [0.15, 0.2) is 0 Å². The number of benzene rings is 2. The van der Waals surface area contributed by atoms with Crippen LogP contribution in [0.3, 0.4) is 0 Å². The number of nitrogens with one attached hydrogen (secondary N) is 2. The number of anilines is 1. The smallest absolute Gasteiger partial charge is 0.240 e. The van der Waals surface area contributed by atoms with Gasteiger partial charge in [0.1, 0.15) is 17.2 Å². The highest BCUT2D eigenvalue weighted by Crippen LogP contribution is 2.29. The van der Waals surface area contributed by atoms with Crippen molar-refractivity contribution < 1.29 is 27.4 Å². The zero-order chi connectivity index (χ0) is 20.6. The van der Waals surface area contributed by atoms with Gasteiger partial charge in [0, 0.05) is 19.0 Å². The van der Waals surface area contributed by atoms with Gasteiger partial charge in [-0.3, -0.25) is 4.79 Å². The molecule has 0 saturated heterocycles. The van der Waals surface area contributed by atoms with Crippen LogP contribution >= 0.6 is 0 Å². The molecule has 2 aromatic rings. The molecular formula is C19H24N2O6S. The molecule has 2 aromatic carbocycles. The summed E-state index contributed by atoms with van der Waals surface area (Å²) in [5, 5.41) is 2.69. The fourth-order valence-corrected chi connectivity index (χ4v) is 3.41. The van der Waals surface area contributed by atoms with Crippen LogP contribution in [0.4, 0.5) is 5.69 Å². The normalized spacial score (nSPS) is 11.0. The summed E-state index contributed by atoms with van der Waals surface area (Å²) < 4.78 is 42.6. The SMILES string of the molecule is CCOc1ccc(S(=O)(=O)NCCC(=O)Nc2ccc(OC)cc2OC)cc1. The number of carbonyl (C=O) groups excluding carboxylic acids is 1. The summed E-state index contributed by atoms with van der Waals surface area (Å²) in [4.78, 5) is 12.2. The van der Waals surface area contributed by atoms with Crippen molar-refractivity contribution in [3.63, 3.8) is 0 Å². The van der Waals surface area contributed by atoms with Crippen molar-refractivity contribution >= 4 is 21.6 Å². The molecule has 152 valence electrons. The van der Waals surface area contributed by atoms with Crippen molar-refractivity contribution in [2.75, 3.05) is 32.7 Å². The first-order valence-corrected chi connectivity index (χ1v) is 10.1. The van der Waals surface area contributed by atoms with E-state index in [0.717, 1.165) is 0 Å². The van der Waals surface area contributed by atoms with E-state index in [2.05, 4.69) is 10.0 Å². The molecule has 0 unspecified atom stereocenters. The minimum absolute atomic E-state index is 0.0363. The van der Waals surface area contributed by atoms with Crippen molar-refractivity contribution in [3.05, 3.63) is 42.5 Å². The Kier molecular flexibility index (Phi) is 7.65. The van der Waals surface area contributed by atoms with Crippen LogP contribution in [-0.2, 0) is 14.8 Å². The van der Waals surface area contributed by atoms with Crippen molar-refractivity contribution in [3.8, 4) is 17.2 Å². The molecule has 0 aromatic heterocycles. The molecule has 0 aliphatic heterocycles. The molecule has 0 atom stereocenters. The lowest BCUT2D eigenvalue weighted by Crippen LogP contribution is -2.27. The molecule has 28 heavy (non-hydrogen) atoms. The van der Waals surface area contributed by atoms with E-state index in [1.54, 1.807) is 30.3 Å². The Morgan fingerprint density at radius 1 is 1.00 bits per heavy atom. The number of hydrogen-bond acceptors (Lipinski definition) is 6. The number of methoxy groups -OCH3 is 2. The summed E-state index contributed by atoms with van der Waals surface area (Å²) >= 11 is 0. The van der Waals surface area contributed by atoms with Crippen molar-refractivity contribution in [1.82, 2.24) is 4.72 Å². The topological polar surface area (TPSA) is 103 Å². The highest BCUT2D eigenvalue weighted by atomic mass is 32.2. The van der Waals surface area contributed by atoms with Crippen molar-refractivity contribution in [2.24, 2.45) is 0 Å². The Labute approximate surface area is 164 Å². The highest BCUT2D eigenvalue weighted by molar-refractivity contribution is 7.89. The molecule has 0 saturated carbocycles. The van der Waals surface area contributed by atoms with E-state index in [1.807, 2.05) is 6.92 Å². The van der Waals surface area contributed by atoms with E-state index in [1.165, 1.54) is 26.4 Å². The fourth-order valence-electron chi connectivity index (χ4n) is 2.38. The number of sulfonamides is 1. The average molecular weight is 408 g/mol. The first-order valence-electron chi connectivity index (χ1n) is 8.64. The third kappa shape index (κ3) is 5.86. The second-order valence-corrected chi connectivity index (χ2v) is 7.43. The number of ether oxygens (including phenoxy) is 3. The first-order chi connectivity index (χ1) is 13.4. The molecule has 0 bridgehead atoms. The van der Waals surface area contributed by atoms with Crippen LogP contribution in [0.5, 0.6) is 17.2 Å². The van der Waals surface area contributed by atoms with E-state index in [-0.39, 0.29) is 23.8 Å². The molecule has 2 rings (SSSR count). The molecule has 1 amide bonds. The van der Waals surface area contributed by atoms with Crippen LogP contribution in [0.15, 0.2) is 47.4 Å². The van der Waals surface area contributed by atoms with Crippen LogP contribution in [0.2, 0.25) is 0 Å². The lowest BCUT2D eigenvalue weighted by atomic mass is 10.2. The van der Waals surface area contributed by atoms with Gasteiger partial charge in [-0.15, -0.1) is 0 Å². The Morgan fingerprint density at radius 2 is 1.68 bits per heavy atom. The average Bonchev–Trinajstić information content (AvgIpc) is 2.68. The standard InChI is InChI=1S/C19H24N2O6S/c1-4-27-14-5-8-16(9-6-14)28(23,24)20-12-11-19(22)21-17-10-7-15(25-2)13-18(17)26-3/h5-10,13,20H,4,11-12H2,1-3H3,(H,21,22). The number of hydrogen-bond donors (Lipinski definition) is 2. The van der Waals surface area contributed by atoms with E-state index in [9.17, 15) is 13.2 Å². The molecule has 2 N–H and O–H groups in total. The molecule has 0 fully saturated rings. The summed E-state index contributed by atoms with van der Waals surface area (Å²) in [7, 11) is -0.696. The van der Waals surface area contributed by atoms with E-state index < -0.39 is 10.0 Å². The number of carbonyl (C=O) groups is 1. The number of amides is 1. The Balaban J connectivity index is 1.90. The molecule has 0 spiro atoms. The third-order valence-corrected chi connectivity index (χ3v) is 5.25. The highest BCUT2D eigenvalue weighted by Gasteiger charge is 2.15. The lowest BCUT2D eigenvalue weighted by molar-refractivity contribution is -0.116. The predicted molar refractivity (Wildman–Crippen MR) is 106 cm³/mol. The lowest BCUT2D eigenvalue weighted by Gasteiger charge is -2.12. The van der Waals surface area contributed by atoms with Crippen LogP contribution in [0.1, 0.15) is 13.3 Å². The fraction of sp³-hybridized carbons (Fsp3) is 0.316. The molecule has 0 aliphatic carbocycles. The minimum atomic E-state index is -3.71. The van der Waals surface area contributed by atoms with Crippen molar-refractivity contribution in [1.29, 1.82) is 0 Å². The molecule has 8 nitrogen and oxygen atoms in total. The molecule has 0 radical (unpaired) electrons. The maximum Gasteiger partial charge on any atom is 0.240 e. The van der Waals surface area contributed by atoms with Gasteiger partial charge in [0.2, 0.25) is 15.9 Å². The van der Waals surface area contributed by atoms with Gasteiger partial charge in [0.25, 0.3) is 0 Å². The van der Waals surface area contributed by atoms with Gasteiger partial charge in [-0.1, -0.05) is 0 Å². The van der Waals surface area contributed by atoms with E-state index >= 15 is 0 Å². The zero-order valence-electron chi connectivity index (χ0n) is 16.0. The zero-order valence-corrected chi connectivity index (χ0v) is 16.8. The largest absolute Gasteiger partial charge is 0.497 e. The monoisotopic (exact) mass is 408 g/mol. The predicted octanol–water partition coefficient (Wildman–Crippen LogP) is 2.41. The summed E-state index contributed by atoms with van der Waals surface area (Å²) in [6, 6.07) is 11.1. The van der Waals surface area contributed by atoms with Crippen molar-refractivity contribution in [2.45, 2.75) is 18.2 Å². The Morgan fingerprint density at radius 3 is 2.29 bits per heavy atom. The summed E-state index contributed by atoms with van der Waals surface area (Å²) in [5.74, 6) is 1.28. The Bertz CT molecular complexity index is 897. The van der Waals surface area contributed by atoms with E-state index in [0.29, 0.717) is 29.5 Å². The van der Waals surface area contributed by atoms with Gasteiger partial charge in [-0.2, -0.15) is 0 Å². The van der Waals surface area contributed by atoms with E-state index in [4.69, 9.17) is 14.2 Å². The maximum absolute atomic E-state index is 12.3.